The van der Waals surface area contributed by atoms with E-state index in [0.717, 1.165) is 24.3 Å². The van der Waals surface area contributed by atoms with Crippen molar-refractivity contribution in [1.29, 1.82) is 0 Å². The second kappa shape index (κ2) is 5.92. The van der Waals surface area contributed by atoms with E-state index >= 15 is 0 Å². The molecule has 3 atom stereocenters. The van der Waals surface area contributed by atoms with Gasteiger partial charge in [0.1, 0.15) is 5.78 Å². The molecule has 0 N–H and O–H groups in total. The molecule has 2 aliphatic rings. The van der Waals surface area contributed by atoms with Gasteiger partial charge in [0.05, 0.1) is 5.25 Å². The zero-order valence-corrected chi connectivity index (χ0v) is 12.8. The summed E-state index contributed by atoms with van der Waals surface area (Å²) in [7, 11) is 0. The average molecular weight is 292 g/mol. The summed E-state index contributed by atoms with van der Waals surface area (Å²) in [6, 6.07) is 8.71. The molecule has 1 saturated carbocycles. The summed E-state index contributed by atoms with van der Waals surface area (Å²) in [5.74, 6) is 3.53. The van der Waals surface area contributed by atoms with Crippen molar-refractivity contribution in [2.24, 2.45) is 5.92 Å². The Hall–Kier alpha value is -0.410. The van der Waals surface area contributed by atoms with Crippen LogP contribution in [0.3, 0.4) is 0 Å². The SMILES string of the molecule is O=C1CC2c3ccccc3CCC2CC1SCCS. The molecular formula is C16H20OS2. The molecule has 0 spiro atoms. The van der Waals surface area contributed by atoms with Gasteiger partial charge in [0.2, 0.25) is 0 Å². The Morgan fingerprint density at radius 3 is 3.00 bits per heavy atom. The standard InChI is InChI=1S/C16H20OS2/c17-15-10-14-12(9-16(15)19-8-7-18)6-5-11-3-1-2-4-13(11)14/h1-4,12,14,16,18H,5-10H2. The summed E-state index contributed by atoms with van der Waals surface area (Å²) < 4.78 is 0. The summed E-state index contributed by atoms with van der Waals surface area (Å²) in [4.78, 5) is 12.3. The molecule has 3 heteroatoms. The van der Waals surface area contributed by atoms with E-state index in [2.05, 4.69) is 36.9 Å². The molecule has 0 aliphatic heterocycles. The van der Waals surface area contributed by atoms with Gasteiger partial charge < -0.3 is 0 Å². The first kappa shape index (κ1) is 13.6. The second-order valence-electron chi connectivity index (χ2n) is 5.59. The summed E-state index contributed by atoms with van der Waals surface area (Å²) >= 11 is 6.06. The number of thiol groups is 1. The molecule has 1 aromatic carbocycles. The fraction of sp³-hybridized carbons (Fsp3) is 0.562. The zero-order valence-electron chi connectivity index (χ0n) is 11.0. The van der Waals surface area contributed by atoms with Crippen molar-refractivity contribution in [2.75, 3.05) is 11.5 Å². The number of benzene rings is 1. The lowest BCUT2D eigenvalue weighted by Crippen LogP contribution is -2.35. The van der Waals surface area contributed by atoms with Gasteiger partial charge in [0, 0.05) is 12.2 Å². The molecule has 0 heterocycles. The number of fused-ring (bicyclic) bond motifs is 3. The highest BCUT2D eigenvalue weighted by molar-refractivity contribution is 8.01. The van der Waals surface area contributed by atoms with Gasteiger partial charge in [-0.05, 0) is 48.0 Å². The maximum Gasteiger partial charge on any atom is 0.146 e. The monoisotopic (exact) mass is 292 g/mol. The molecule has 102 valence electrons. The van der Waals surface area contributed by atoms with E-state index in [1.165, 1.54) is 24.0 Å². The molecule has 0 saturated heterocycles. The highest BCUT2D eigenvalue weighted by Gasteiger charge is 2.39. The molecule has 3 unspecified atom stereocenters. The number of carbonyl (C=O) groups excluding carboxylic acids is 1. The minimum atomic E-state index is 0.235. The molecule has 1 aromatic rings. The fourth-order valence-corrected chi connectivity index (χ4v) is 4.96. The van der Waals surface area contributed by atoms with Crippen LogP contribution in [0.5, 0.6) is 0 Å². The maximum atomic E-state index is 12.3. The van der Waals surface area contributed by atoms with Crippen LogP contribution >= 0.6 is 24.4 Å². The Bertz CT molecular complexity index is 472. The first-order valence-electron chi connectivity index (χ1n) is 7.12. The number of hydrogen-bond acceptors (Lipinski definition) is 3. The predicted octanol–water partition coefficient (Wildman–Crippen LogP) is 3.73. The van der Waals surface area contributed by atoms with Crippen molar-refractivity contribution in [3.63, 3.8) is 0 Å². The Morgan fingerprint density at radius 2 is 2.16 bits per heavy atom. The van der Waals surface area contributed by atoms with Gasteiger partial charge in [-0.1, -0.05) is 24.3 Å². The van der Waals surface area contributed by atoms with Crippen LogP contribution in [0.4, 0.5) is 0 Å². The Kier molecular flexibility index (Phi) is 4.23. The van der Waals surface area contributed by atoms with Crippen molar-refractivity contribution in [3.8, 4) is 0 Å². The Labute approximate surface area is 125 Å². The highest BCUT2D eigenvalue weighted by Crippen LogP contribution is 2.46. The molecule has 0 amide bonds. The number of thioether (sulfide) groups is 1. The first-order valence-corrected chi connectivity index (χ1v) is 8.80. The second-order valence-corrected chi connectivity index (χ2v) is 7.35. The lowest BCUT2D eigenvalue weighted by Gasteiger charge is -2.39. The number of hydrogen-bond donors (Lipinski definition) is 1. The van der Waals surface area contributed by atoms with Gasteiger partial charge in [0.25, 0.3) is 0 Å². The van der Waals surface area contributed by atoms with Crippen molar-refractivity contribution in [3.05, 3.63) is 35.4 Å². The average Bonchev–Trinajstić information content (AvgIpc) is 2.45. The number of ketones is 1. The van der Waals surface area contributed by atoms with Crippen LogP contribution in [-0.2, 0) is 11.2 Å². The van der Waals surface area contributed by atoms with E-state index < -0.39 is 0 Å². The summed E-state index contributed by atoms with van der Waals surface area (Å²) in [5.41, 5.74) is 2.92. The fourth-order valence-electron chi connectivity index (χ4n) is 3.59. The molecule has 0 radical (unpaired) electrons. The zero-order chi connectivity index (χ0) is 13.2. The molecule has 1 fully saturated rings. The van der Waals surface area contributed by atoms with Gasteiger partial charge in [0.15, 0.2) is 0 Å². The van der Waals surface area contributed by atoms with Crippen molar-refractivity contribution >= 4 is 30.2 Å². The summed E-state index contributed by atoms with van der Waals surface area (Å²) in [5, 5.41) is 0.235. The number of carbonyl (C=O) groups is 1. The van der Waals surface area contributed by atoms with Crippen LogP contribution in [0.25, 0.3) is 0 Å². The van der Waals surface area contributed by atoms with Crippen LogP contribution in [0.15, 0.2) is 24.3 Å². The minimum Gasteiger partial charge on any atom is -0.298 e. The van der Waals surface area contributed by atoms with E-state index in [1.807, 2.05) is 11.8 Å². The summed E-state index contributed by atoms with van der Waals surface area (Å²) in [6.07, 6.45) is 4.28. The van der Waals surface area contributed by atoms with E-state index in [9.17, 15) is 4.79 Å². The van der Waals surface area contributed by atoms with Gasteiger partial charge in [-0.2, -0.15) is 12.6 Å². The van der Waals surface area contributed by atoms with E-state index in [-0.39, 0.29) is 5.25 Å². The molecule has 3 rings (SSSR count). The normalized spacial score (nSPS) is 29.7. The third-order valence-electron chi connectivity index (χ3n) is 4.52. The lowest BCUT2D eigenvalue weighted by molar-refractivity contribution is -0.121. The molecule has 1 nitrogen and oxygen atoms in total. The quantitative estimate of drug-likeness (QED) is 0.855. The maximum absolute atomic E-state index is 12.3. The minimum absolute atomic E-state index is 0.235. The van der Waals surface area contributed by atoms with E-state index in [1.54, 1.807) is 0 Å². The molecule has 2 aliphatic carbocycles. The van der Waals surface area contributed by atoms with Crippen LogP contribution in [-0.4, -0.2) is 22.5 Å². The molecule has 0 bridgehead atoms. The van der Waals surface area contributed by atoms with Crippen molar-refractivity contribution in [1.82, 2.24) is 0 Å². The van der Waals surface area contributed by atoms with Crippen LogP contribution < -0.4 is 0 Å². The molecule has 19 heavy (non-hydrogen) atoms. The van der Waals surface area contributed by atoms with Crippen LogP contribution in [0, 0.1) is 5.92 Å². The number of rotatable bonds is 3. The van der Waals surface area contributed by atoms with E-state index in [0.29, 0.717) is 17.6 Å². The van der Waals surface area contributed by atoms with Gasteiger partial charge in [-0.3, -0.25) is 4.79 Å². The lowest BCUT2D eigenvalue weighted by atomic mass is 9.68. The largest absolute Gasteiger partial charge is 0.298 e. The molecule has 0 aromatic heterocycles. The third-order valence-corrected chi connectivity index (χ3v) is 6.34. The van der Waals surface area contributed by atoms with Gasteiger partial charge in [-0.15, -0.1) is 11.8 Å². The Balaban J connectivity index is 1.78. The molecular weight excluding hydrogens is 272 g/mol. The van der Waals surface area contributed by atoms with Crippen molar-refractivity contribution < 1.29 is 4.79 Å². The van der Waals surface area contributed by atoms with E-state index in [4.69, 9.17) is 0 Å². The number of aryl methyl sites for hydroxylation is 1. The topological polar surface area (TPSA) is 17.1 Å². The first-order chi connectivity index (χ1) is 9.29. The Morgan fingerprint density at radius 1 is 1.32 bits per heavy atom. The van der Waals surface area contributed by atoms with Gasteiger partial charge >= 0.3 is 0 Å². The predicted molar refractivity (Wildman–Crippen MR) is 85.3 cm³/mol. The van der Waals surface area contributed by atoms with Crippen LogP contribution in [0.2, 0.25) is 0 Å². The van der Waals surface area contributed by atoms with Crippen LogP contribution in [0.1, 0.15) is 36.3 Å². The third kappa shape index (κ3) is 2.73. The smallest absolute Gasteiger partial charge is 0.146 e. The van der Waals surface area contributed by atoms with Crippen molar-refractivity contribution in [2.45, 2.75) is 36.9 Å². The number of Topliss-reactive ketones (excluding diaryl/α,β-unsaturated/α-hetero) is 1. The highest BCUT2D eigenvalue weighted by atomic mass is 32.2. The summed E-state index contributed by atoms with van der Waals surface area (Å²) in [6.45, 7) is 0. The van der Waals surface area contributed by atoms with Gasteiger partial charge in [-0.25, -0.2) is 0 Å².